The number of hydrogen-bond acceptors (Lipinski definition) is 0. The summed E-state index contributed by atoms with van der Waals surface area (Å²) in [5.41, 5.74) is 0. The lowest BCUT2D eigenvalue weighted by Crippen LogP contribution is -1.72. The van der Waals surface area contributed by atoms with Crippen molar-refractivity contribution in [1.82, 2.24) is 0 Å². The van der Waals surface area contributed by atoms with Gasteiger partial charge in [0.15, 0.2) is 0 Å². The molecule has 0 spiro atoms. The van der Waals surface area contributed by atoms with Gasteiger partial charge < -0.3 is 0 Å². The van der Waals surface area contributed by atoms with Crippen molar-refractivity contribution in [3.63, 3.8) is 0 Å². The number of hydrogen-bond donors (Lipinski definition) is 0. The summed E-state index contributed by atoms with van der Waals surface area (Å²) in [6.45, 7) is 3.13. The minimum absolute atomic E-state index is 0. The van der Waals surface area contributed by atoms with Crippen molar-refractivity contribution in [2.24, 2.45) is 0 Å². The van der Waals surface area contributed by atoms with Gasteiger partial charge in [0, 0.05) is 0 Å². The van der Waals surface area contributed by atoms with E-state index >= 15 is 0 Å². The Balaban J connectivity index is -0.0000000268. The zero-order chi connectivity index (χ0) is 9.54. The maximum absolute atomic E-state index is 11.2. The highest BCUT2D eigenvalue weighted by molar-refractivity contribution is 4.31. The fourth-order valence-corrected chi connectivity index (χ4v) is 0.344. The second kappa shape index (κ2) is 59.8. The van der Waals surface area contributed by atoms with E-state index in [2.05, 4.69) is 6.92 Å². The summed E-state index contributed by atoms with van der Waals surface area (Å²) in [5.74, 6) is 0. The lowest BCUT2D eigenvalue weighted by Gasteiger charge is -1.84. The monoisotopic (exact) mass is 204 g/mol. The van der Waals surface area contributed by atoms with E-state index in [4.69, 9.17) is 0 Å². The van der Waals surface area contributed by atoms with Crippen LogP contribution in [0.2, 0.25) is 0 Å². The van der Waals surface area contributed by atoms with Gasteiger partial charge in [0.2, 0.25) is 0 Å². The zero-order valence-corrected chi connectivity index (χ0v) is 7.67. The summed E-state index contributed by atoms with van der Waals surface area (Å²) < 4.78 is 31.0. The van der Waals surface area contributed by atoms with Gasteiger partial charge in [0.1, 0.15) is 0 Å². The molecule has 0 heterocycles. The van der Waals surface area contributed by atoms with Crippen molar-refractivity contribution in [1.29, 1.82) is 0 Å². The van der Waals surface area contributed by atoms with Crippen molar-refractivity contribution in [2.45, 2.75) is 48.0 Å². The molecule has 88 valence electrons. The highest BCUT2D eigenvalue weighted by Gasteiger charge is 1.78. The molecule has 0 saturated heterocycles. The Labute approximate surface area is 82.5 Å². The molecule has 0 N–H and O–H groups in total. The van der Waals surface area contributed by atoms with Crippen LogP contribution in [0.3, 0.4) is 0 Å². The molecule has 13 heavy (non-hydrogen) atoms. The fourth-order valence-electron chi connectivity index (χ4n) is 0.344. The van der Waals surface area contributed by atoms with Gasteiger partial charge in [-0.2, -0.15) is 0 Å². The maximum atomic E-state index is 11.2. The Morgan fingerprint density at radius 3 is 1.23 bits per heavy atom. The quantitative estimate of drug-likeness (QED) is 0.569. The van der Waals surface area contributed by atoms with Gasteiger partial charge in [-0.05, 0) is 13.3 Å². The van der Waals surface area contributed by atoms with Crippen LogP contribution < -0.4 is 0 Å². The van der Waals surface area contributed by atoms with Crippen LogP contribution in [0.4, 0.5) is 13.2 Å². The van der Waals surface area contributed by atoms with E-state index in [1.807, 2.05) is 0 Å². The molecule has 0 nitrogen and oxygen atoms in total. The van der Waals surface area contributed by atoms with Crippen molar-refractivity contribution in [3.05, 3.63) is 0 Å². The Bertz CT molecular complexity index is 29.4. The lowest BCUT2D eigenvalue weighted by molar-refractivity contribution is 0.460. The van der Waals surface area contributed by atoms with Crippen LogP contribution in [0.15, 0.2) is 0 Å². The predicted octanol–water partition coefficient (Wildman–Crippen LogP) is 4.98. The SMILES string of the molecule is C.C.CCCCCF.CCF.CF. The maximum Gasteiger partial charge on any atom is 0.0894 e. The number of rotatable bonds is 3. The number of alkyl halides is 3. The molecular formula is C10H27F3. The Morgan fingerprint density at radius 2 is 1.15 bits per heavy atom. The molecule has 0 saturated carbocycles. The fraction of sp³-hybridized carbons (Fsp3) is 1.00. The summed E-state index contributed by atoms with van der Waals surface area (Å²) in [7, 11) is 0.500. The number of unbranched alkanes of at least 4 members (excludes halogenated alkanes) is 2. The first-order valence-electron chi connectivity index (χ1n) is 3.83. The first-order valence-corrected chi connectivity index (χ1v) is 3.83. The predicted molar refractivity (Wildman–Crippen MR) is 57.6 cm³/mol. The average molecular weight is 204 g/mol. The van der Waals surface area contributed by atoms with Crippen LogP contribution >= 0.6 is 0 Å². The van der Waals surface area contributed by atoms with E-state index in [0.717, 1.165) is 19.3 Å². The van der Waals surface area contributed by atoms with Gasteiger partial charge in [-0.25, -0.2) is 0 Å². The van der Waals surface area contributed by atoms with E-state index in [1.54, 1.807) is 0 Å². The topological polar surface area (TPSA) is 0 Å². The third kappa shape index (κ3) is 145. The zero-order valence-electron chi connectivity index (χ0n) is 7.67. The largest absolute Gasteiger partial charge is 0.255 e. The molecule has 0 atom stereocenters. The molecule has 0 bridgehead atoms. The highest BCUT2D eigenvalue weighted by Crippen LogP contribution is 1.91. The second-order valence-electron chi connectivity index (χ2n) is 1.66. The third-order valence-electron chi connectivity index (χ3n) is 0.737. The molecule has 0 aromatic carbocycles. The minimum Gasteiger partial charge on any atom is -0.255 e. The molecular weight excluding hydrogens is 177 g/mol. The van der Waals surface area contributed by atoms with Crippen LogP contribution in [0.1, 0.15) is 48.0 Å². The summed E-state index contributed by atoms with van der Waals surface area (Å²) in [5, 5.41) is 0. The van der Waals surface area contributed by atoms with Gasteiger partial charge >= 0.3 is 0 Å². The Kier molecular flexibility index (Phi) is 135. The van der Waals surface area contributed by atoms with Crippen LogP contribution in [0.25, 0.3) is 0 Å². The van der Waals surface area contributed by atoms with E-state index < -0.39 is 0 Å². The van der Waals surface area contributed by atoms with Gasteiger partial charge in [0.05, 0.1) is 20.5 Å². The average Bonchev–Trinajstić information content (AvgIpc) is 2.06. The molecule has 0 unspecified atom stereocenters. The van der Waals surface area contributed by atoms with Gasteiger partial charge in [-0.1, -0.05) is 34.6 Å². The molecule has 0 radical (unpaired) electrons. The lowest BCUT2D eigenvalue weighted by atomic mass is 10.3. The smallest absolute Gasteiger partial charge is 0.0894 e. The van der Waals surface area contributed by atoms with E-state index in [0.29, 0.717) is 7.18 Å². The van der Waals surface area contributed by atoms with Crippen LogP contribution in [0.5, 0.6) is 0 Å². The van der Waals surface area contributed by atoms with Crippen LogP contribution in [-0.2, 0) is 0 Å². The van der Waals surface area contributed by atoms with Crippen LogP contribution in [-0.4, -0.2) is 20.5 Å². The third-order valence-corrected chi connectivity index (χ3v) is 0.737. The highest BCUT2D eigenvalue weighted by atomic mass is 19.1. The molecule has 0 aliphatic rings. The van der Waals surface area contributed by atoms with E-state index in [9.17, 15) is 13.2 Å². The second-order valence-corrected chi connectivity index (χ2v) is 1.66. The Hall–Kier alpha value is -0.210. The molecule has 0 aromatic rings. The van der Waals surface area contributed by atoms with Gasteiger partial charge in [-0.15, -0.1) is 0 Å². The van der Waals surface area contributed by atoms with E-state index in [-0.39, 0.29) is 28.2 Å². The molecule has 0 aliphatic heterocycles. The van der Waals surface area contributed by atoms with E-state index in [1.165, 1.54) is 6.92 Å². The normalized spacial score (nSPS) is 6.00. The van der Waals surface area contributed by atoms with Crippen molar-refractivity contribution in [3.8, 4) is 0 Å². The molecule has 0 aliphatic carbocycles. The molecule has 0 rings (SSSR count). The first kappa shape index (κ1) is 29.3. The molecule has 0 aromatic heterocycles. The molecule has 0 amide bonds. The van der Waals surface area contributed by atoms with Crippen molar-refractivity contribution < 1.29 is 13.2 Å². The van der Waals surface area contributed by atoms with Crippen LogP contribution in [0, 0.1) is 0 Å². The summed E-state index contributed by atoms with van der Waals surface area (Å²) in [6.07, 6.45) is 2.90. The Morgan fingerprint density at radius 1 is 0.846 bits per heavy atom. The standard InChI is InChI=1S/C5H11F.C2H5F.CH3F.2CH4/c1-2-3-4-5-6;1-2-3;1-2;;/h2-5H2,1H3;2H2,1H3;1H3;2*1H4. The molecule has 0 fully saturated rings. The summed E-state index contributed by atoms with van der Waals surface area (Å²) in [6, 6.07) is 0. The summed E-state index contributed by atoms with van der Waals surface area (Å²) in [4.78, 5) is 0. The minimum atomic E-state index is -0.250. The molecule has 3 heteroatoms. The van der Waals surface area contributed by atoms with Crippen molar-refractivity contribution >= 4 is 0 Å². The number of halogens is 3. The van der Waals surface area contributed by atoms with Crippen molar-refractivity contribution in [2.75, 3.05) is 20.5 Å². The first-order chi connectivity index (χ1) is 5.33. The van der Waals surface area contributed by atoms with Gasteiger partial charge in [-0.3, -0.25) is 13.2 Å². The van der Waals surface area contributed by atoms with Gasteiger partial charge in [0.25, 0.3) is 0 Å². The summed E-state index contributed by atoms with van der Waals surface area (Å²) >= 11 is 0.